The van der Waals surface area contributed by atoms with Gasteiger partial charge in [-0.1, -0.05) is 60.7 Å². The van der Waals surface area contributed by atoms with E-state index in [0.29, 0.717) is 5.56 Å². The van der Waals surface area contributed by atoms with Crippen LogP contribution in [0, 0.1) is 0 Å². The molecule has 0 aromatic heterocycles. The van der Waals surface area contributed by atoms with E-state index < -0.39 is 17.9 Å². The highest BCUT2D eigenvalue weighted by atomic mass is 16.4. The number of carboxylic acid groups (broad SMARTS) is 2. The van der Waals surface area contributed by atoms with Gasteiger partial charge in [-0.15, -0.1) is 0 Å². The number of Topliss-reactive ketones (excluding diaryl/α,β-unsaturated/α-hetero) is 1. The lowest BCUT2D eigenvalue weighted by atomic mass is 9.84. The first-order chi connectivity index (χ1) is 13.4. The zero-order valence-electron chi connectivity index (χ0n) is 15.1. The quantitative estimate of drug-likeness (QED) is 0.664. The maximum Gasteiger partial charge on any atom is 0.336 e. The van der Waals surface area contributed by atoms with E-state index in [0.717, 1.165) is 17.2 Å². The average Bonchev–Trinajstić information content (AvgIpc) is 2.69. The molecule has 1 atom stereocenters. The van der Waals surface area contributed by atoms with E-state index in [-0.39, 0.29) is 22.5 Å². The Bertz CT molecular complexity index is 1040. The SMILES string of the molecule is CC(=O)C(c1ccc(-c2ccccc2)cc1)c1ccc(C(=O)O)cc1C(=O)O. The minimum Gasteiger partial charge on any atom is -0.478 e. The number of benzene rings is 3. The third-order valence-electron chi connectivity index (χ3n) is 4.60. The Balaban J connectivity index is 2.06. The summed E-state index contributed by atoms with van der Waals surface area (Å²) in [7, 11) is 0. The van der Waals surface area contributed by atoms with E-state index in [1.807, 2.05) is 42.5 Å². The normalized spacial score (nSPS) is 11.6. The van der Waals surface area contributed by atoms with Crippen molar-refractivity contribution < 1.29 is 24.6 Å². The maximum atomic E-state index is 12.4. The molecule has 28 heavy (non-hydrogen) atoms. The van der Waals surface area contributed by atoms with Crippen molar-refractivity contribution in [1.29, 1.82) is 0 Å². The molecule has 0 amide bonds. The average molecular weight is 374 g/mol. The van der Waals surface area contributed by atoms with E-state index in [9.17, 15) is 19.5 Å². The summed E-state index contributed by atoms with van der Waals surface area (Å²) in [6.45, 7) is 1.40. The van der Waals surface area contributed by atoms with Crippen LogP contribution in [0.4, 0.5) is 0 Å². The molecule has 3 rings (SSSR count). The van der Waals surface area contributed by atoms with Crippen LogP contribution in [-0.4, -0.2) is 27.9 Å². The van der Waals surface area contributed by atoms with Crippen molar-refractivity contribution in [3.63, 3.8) is 0 Å². The van der Waals surface area contributed by atoms with Gasteiger partial charge in [0, 0.05) is 0 Å². The van der Waals surface area contributed by atoms with Crippen molar-refractivity contribution in [2.75, 3.05) is 0 Å². The van der Waals surface area contributed by atoms with Crippen LogP contribution in [0.3, 0.4) is 0 Å². The minimum absolute atomic E-state index is 0.136. The lowest BCUT2D eigenvalue weighted by Crippen LogP contribution is -2.16. The van der Waals surface area contributed by atoms with E-state index in [2.05, 4.69) is 0 Å². The van der Waals surface area contributed by atoms with Crippen LogP contribution < -0.4 is 0 Å². The summed E-state index contributed by atoms with van der Waals surface area (Å²) in [5.41, 5.74) is 2.61. The number of hydrogen-bond donors (Lipinski definition) is 2. The molecule has 3 aromatic rings. The van der Waals surface area contributed by atoms with Gasteiger partial charge < -0.3 is 10.2 Å². The molecular formula is C23H18O5. The Hall–Kier alpha value is -3.73. The van der Waals surface area contributed by atoms with Crippen LogP contribution in [0.15, 0.2) is 72.8 Å². The Morgan fingerprint density at radius 1 is 0.750 bits per heavy atom. The van der Waals surface area contributed by atoms with E-state index in [1.54, 1.807) is 12.1 Å². The molecule has 0 heterocycles. The van der Waals surface area contributed by atoms with Crippen molar-refractivity contribution in [3.8, 4) is 11.1 Å². The van der Waals surface area contributed by atoms with Gasteiger partial charge in [0.15, 0.2) is 0 Å². The molecule has 0 saturated heterocycles. The molecule has 0 aliphatic heterocycles. The standard InChI is InChI=1S/C23H18O5/c1-14(24)21(19-12-11-18(22(25)26)13-20(19)23(27)28)17-9-7-16(8-10-17)15-5-3-2-4-6-15/h2-13,21H,1H3,(H,25,26)(H,27,28). The highest BCUT2D eigenvalue weighted by molar-refractivity contribution is 5.98. The molecule has 3 aromatic carbocycles. The van der Waals surface area contributed by atoms with Crippen LogP contribution in [0.1, 0.15) is 44.7 Å². The lowest BCUT2D eigenvalue weighted by Gasteiger charge is -2.18. The molecule has 1 unspecified atom stereocenters. The first kappa shape index (κ1) is 19.0. The number of aromatic carboxylic acids is 2. The largest absolute Gasteiger partial charge is 0.478 e. The Morgan fingerprint density at radius 3 is 1.89 bits per heavy atom. The Labute approximate surface area is 161 Å². The van der Waals surface area contributed by atoms with Gasteiger partial charge in [-0.05, 0) is 41.3 Å². The second-order valence-corrected chi connectivity index (χ2v) is 6.44. The molecule has 5 nitrogen and oxygen atoms in total. The van der Waals surface area contributed by atoms with Crippen LogP contribution >= 0.6 is 0 Å². The van der Waals surface area contributed by atoms with Gasteiger partial charge in [0.25, 0.3) is 0 Å². The second kappa shape index (κ2) is 7.88. The zero-order chi connectivity index (χ0) is 20.3. The highest BCUT2D eigenvalue weighted by Gasteiger charge is 2.25. The van der Waals surface area contributed by atoms with Crippen molar-refractivity contribution in [2.24, 2.45) is 0 Å². The highest BCUT2D eigenvalue weighted by Crippen LogP contribution is 2.31. The number of ketones is 1. The van der Waals surface area contributed by atoms with E-state index in [1.165, 1.54) is 19.1 Å². The monoisotopic (exact) mass is 374 g/mol. The van der Waals surface area contributed by atoms with Gasteiger partial charge in [-0.2, -0.15) is 0 Å². The van der Waals surface area contributed by atoms with Gasteiger partial charge in [0.2, 0.25) is 0 Å². The summed E-state index contributed by atoms with van der Waals surface area (Å²) >= 11 is 0. The third-order valence-corrected chi connectivity index (χ3v) is 4.60. The Kier molecular flexibility index (Phi) is 5.36. The summed E-state index contributed by atoms with van der Waals surface area (Å²) in [6.07, 6.45) is 0. The fourth-order valence-corrected chi connectivity index (χ4v) is 3.26. The van der Waals surface area contributed by atoms with Gasteiger partial charge in [0.1, 0.15) is 5.78 Å². The molecule has 0 fully saturated rings. The van der Waals surface area contributed by atoms with Crippen LogP contribution in [0.2, 0.25) is 0 Å². The number of carbonyl (C=O) groups is 3. The fourth-order valence-electron chi connectivity index (χ4n) is 3.26. The van der Waals surface area contributed by atoms with Crippen molar-refractivity contribution in [3.05, 3.63) is 95.1 Å². The lowest BCUT2D eigenvalue weighted by molar-refractivity contribution is -0.117. The fraction of sp³-hybridized carbons (Fsp3) is 0.0870. The number of carboxylic acids is 2. The molecule has 0 aliphatic rings. The number of hydrogen-bond acceptors (Lipinski definition) is 3. The predicted molar refractivity (Wildman–Crippen MR) is 105 cm³/mol. The summed E-state index contributed by atoms with van der Waals surface area (Å²) in [5.74, 6) is -3.51. The molecule has 5 heteroatoms. The molecule has 140 valence electrons. The van der Waals surface area contributed by atoms with E-state index in [4.69, 9.17) is 5.11 Å². The minimum atomic E-state index is -1.27. The predicted octanol–water partition coefficient (Wildman–Crippen LogP) is 4.47. The first-order valence-electron chi connectivity index (χ1n) is 8.65. The summed E-state index contributed by atoms with van der Waals surface area (Å²) in [6, 6.07) is 20.9. The zero-order valence-corrected chi connectivity index (χ0v) is 15.1. The van der Waals surface area contributed by atoms with Gasteiger partial charge in [0.05, 0.1) is 17.0 Å². The molecular weight excluding hydrogens is 356 g/mol. The molecule has 0 aliphatic carbocycles. The van der Waals surface area contributed by atoms with Crippen molar-refractivity contribution >= 4 is 17.7 Å². The second-order valence-electron chi connectivity index (χ2n) is 6.44. The van der Waals surface area contributed by atoms with Crippen molar-refractivity contribution in [2.45, 2.75) is 12.8 Å². The number of carbonyl (C=O) groups excluding carboxylic acids is 1. The van der Waals surface area contributed by atoms with Crippen LogP contribution in [-0.2, 0) is 4.79 Å². The van der Waals surface area contributed by atoms with E-state index >= 15 is 0 Å². The third kappa shape index (κ3) is 3.83. The number of rotatable bonds is 6. The Morgan fingerprint density at radius 2 is 1.36 bits per heavy atom. The van der Waals surface area contributed by atoms with Gasteiger partial charge >= 0.3 is 11.9 Å². The first-order valence-corrected chi connectivity index (χ1v) is 8.65. The topological polar surface area (TPSA) is 91.7 Å². The van der Waals surface area contributed by atoms with Crippen LogP contribution in [0.25, 0.3) is 11.1 Å². The summed E-state index contributed by atoms with van der Waals surface area (Å²) < 4.78 is 0. The molecule has 2 N–H and O–H groups in total. The van der Waals surface area contributed by atoms with Gasteiger partial charge in [-0.25, -0.2) is 9.59 Å². The van der Waals surface area contributed by atoms with Crippen molar-refractivity contribution in [1.82, 2.24) is 0 Å². The smallest absolute Gasteiger partial charge is 0.336 e. The summed E-state index contributed by atoms with van der Waals surface area (Å²) in [4.78, 5) is 35.2. The molecule has 0 bridgehead atoms. The maximum absolute atomic E-state index is 12.4. The van der Waals surface area contributed by atoms with Gasteiger partial charge in [-0.3, -0.25) is 4.79 Å². The molecule has 0 spiro atoms. The molecule has 0 saturated carbocycles. The molecule has 0 radical (unpaired) electrons. The van der Waals surface area contributed by atoms with Crippen LogP contribution in [0.5, 0.6) is 0 Å². The summed E-state index contributed by atoms with van der Waals surface area (Å²) in [5, 5.41) is 18.7.